The molecule has 0 rings (SSSR count). The molecule has 1 nitrogen and oxygen atoms in total. The van der Waals surface area contributed by atoms with Crippen LogP contribution in [0.25, 0.3) is 0 Å². The van der Waals surface area contributed by atoms with Crippen LogP contribution >= 0.6 is 22.6 Å². The number of rotatable bonds is 2. The Morgan fingerprint density at radius 1 is 1.86 bits per heavy atom. The van der Waals surface area contributed by atoms with Gasteiger partial charge in [-0.25, -0.2) is 8.78 Å². The molecule has 0 spiro atoms. The first-order valence-electron chi connectivity index (χ1n) is 1.55. The highest BCUT2D eigenvalue weighted by Gasteiger charge is 2.10. The van der Waals surface area contributed by atoms with E-state index in [1.807, 2.05) is 0 Å². The van der Waals surface area contributed by atoms with Crippen molar-refractivity contribution in [3.8, 4) is 0 Å². The van der Waals surface area contributed by atoms with Crippen LogP contribution in [0.3, 0.4) is 0 Å². The summed E-state index contributed by atoms with van der Waals surface area (Å²) >= 11 is 1.21. The summed E-state index contributed by atoms with van der Waals surface area (Å²) in [5.41, 5.74) is 0. The zero-order chi connectivity index (χ0) is 5.86. The molecular weight excluding hydrogens is 217 g/mol. The van der Waals surface area contributed by atoms with Gasteiger partial charge in [-0.2, -0.15) is 0 Å². The molecule has 0 bridgehead atoms. The Bertz CT molecular complexity index is 73.3. The minimum absolute atomic E-state index is 0.999. The molecule has 0 aromatic carbocycles. The number of alkyl halides is 3. The topological polar surface area (TPSA) is 17.1 Å². The molecule has 0 saturated carbocycles. The van der Waals surface area contributed by atoms with E-state index in [1.165, 1.54) is 22.6 Å². The maximum atomic E-state index is 11.5. The lowest BCUT2D eigenvalue weighted by molar-refractivity contribution is -0.121. The van der Waals surface area contributed by atoms with E-state index in [2.05, 4.69) is 0 Å². The van der Waals surface area contributed by atoms with E-state index in [1.54, 1.807) is 0 Å². The molecule has 0 aliphatic heterocycles. The quantitative estimate of drug-likeness (QED) is 0.505. The first-order chi connectivity index (χ1) is 3.18. The third-order valence-electron chi connectivity index (χ3n) is 0.375. The average Bonchev–Trinajstić information content (AvgIpc) is 1.65. The summed E-state index contributed by atoms with van der Waals surface area (Å²) in [5, 5.41) is 0. The van der Waals surface area contributed by atoms with E-state index in [-0.39, 0.29) is 0 Å². The number of hydrogen-bond donors (Lipinski definition) is 0. The van der Waals surface area contributed by atoms with Gasteiger partial charge in [-0.05, 0) is 22.6 Å². The van der Waals surface area contributed by atoms with Crippen molar-refractivity contribution in [2.75, 3.05) is 6.67 Å². The lowest BCUT2D eigenvalue weighted by Crippen LogP contribution is -2.08. The van der Waals surface area contributed by atoms with Crippen molar-refractivity contribution in [3.05, 3.63) is 0 Å². The molecule has 0 aliphatic rings. The summed E-state index contributed by atoms with van der Waals surface area (Å²) in [4.78, 5) is 9.75. The molecule has 0 heterocycles. The van der Waals surface area contributed by atoms with Gasteiger partial charge in [0, 0.05) is 0 Å². The zero-order valence-electron chi connectivity index (χ0n) is 3.33. The fourth-order valence-corrected chi connectivity index (χ4v) is 0.225. The van der Waals surface area contributed by atoms with Crippen molar-refractivity contribution < 1.29 is 13.6 Å². The van der Waals surface area contributed by atoms with Crippen molar-refractivity contribution in [1.29, 1.82) is 0 Å². The van der Waals surface area contributed by atoms with Crippen molar-refractivity contribution in [3.63, 3.8) is 0 Å². The predicted octanol–water partition coefficient (Wildman–Crippen LogP) is 1.26. The van der Waals surface area contributed by atoms with Gasteiger partial charge in [-0.15, -0.1) is 0 Å². The van der Waals surface area contributed by atoms with Gasteiger partial charge in [0.15, 0.2) is 6.67 Å². The van der Waals surface area contributed by atoms with Crippen LogP contribution < -0.4 is 0 Å². The van der Waals surface area contributed by atoms with Gasteiger partial charge in [0.1, 0.15) is 0 Å². The Morgan fingerprint density at radius 3 is 2.29 bits per heavy atom. The largest absolute Gasteiger partial charge is 0.293 e. The highest BCUT2D eigenvalue weighted by molar-refractivity contribution is 14.1. The Balaban J connectivity index is 3.35. The van der Waals surface area contributed by atoms with Gasteiger partial charge in [-0.3, -0.25) is 4.79 Å². The van der Waals surface area contributed by atoms with E-state index < -0.39 is 16.6 Å². The maximum Gasteiger partial charge on any atom is 0.211 e. The summed E-state index contributed by atoms with van der Waals surface area (Å²) in [5.74, 6) is -0.999. The van der Waals surface area contributed by atoms with Crippen LogP contribution in [0.1, 0.15) is 0 Å². The molecule has 4 heteroatoms. The van der Waals surface area contributed by atoms with E-state index in [4.69, 9.17) is 0 Å². The van der Waals surface area contributed by atoms with Gasteiger partial charge in [0.25, 0.3) is 0 Å². The van der Waals surface area contributed by atoms with Crippen LogP contribution in [-0.2, 0) is 4.79 Å². The summed E-state index contributed by atoms with van der Waals surface area (Å²) in [6, 6.07) is 0. The fourth-order valence-electron chi connectivity index (χ4n) is 0.0583. The number of halogens is 3. The summed E-state index contributed by atoms with van der Waals surface area (Å²) in [6.07, 6.45) is 0. The Labute approximate surface area is 53.2 Å². The molecular formula is C3H3F2IO. The summed E-state index contributed by atoms with van der Waals surface area (Å²) in [6.45, 7) is -1.20. The lowest BCUT2D eigenvalue weighted by Gasteiger charge is -1.88. The predicted molar refractivity (Wildman–Crippen MR) is 29.9 cm³/mol. The number of Topliss-reactive ketones (excluding diaryl/α,β-unsaturated/α-hetero) is 1. The first kappa shape index (κ1) is 7.26. The van der Waals surface area contributed by atoms with Crippen LogP contribution in [0, 0.1) is 0 Å². The number of carbonyl (C=O) groups is 1. The van der Waals surface area contributed by atoms with Gasteiger partial charge in [0.05, 0.1) is 0 Å². The van der Waals surface area contributed by atoms with Gasteiger partial charge in [-0.1, -0.05) is 0 Å². The molecule has 0 N–H and O–H groups in total. The highest BCUT2D eigenvalue weighted by atomic mass is 127. The maximum absolute atomic E-state index is 11.5. The minimum atomic E-state index is -1.68. The second-order valence-corrected chi connectivity index (χ2v) is 1.99. The van der Waals surface area contributed by atoms with Crippen molar-refractivity contribution >= 4 is 28.4 Å². The SMILES string of the molecule is O=C(CF)C(F)I. The Hall–Kier alpha value is 0.260. The molecule has 0 saturated heterocycles. The number of ketones is 1. The summed E-state index contributed by atoms with van der Waals surface area (Å²) < 4.78 is 20.9. The van der Waals surface area contributed by atoms with Crippen molar-refractivity contribution in [2.24, 2.45) is 0 Å². The van der Waals surface area contributed by atoms with Crippen LogP contribution in [0.15, 0.2) is 0 Å². The second-order valence-electron chi connectivity index (χ2n) is 0.901. The standard InChI is InChI=1S/C3H3F2IO/c4-1-2(7)3(5)6/h3H,1H2. The molecule has 42 valence electrons. The van der Waals surface area contributed by atoms with Crippen LogP contribution in [-0.4, -0.2) is 16.6 Å². The van der Waals surface area contributed by atoms with Crippen LogP contribution in [0.2, 0.25) is 0 Å². The van der Waals surface area contributed by atoms with Crippen molar-refractivity contribution in [2.45, 2.75) is 4.18 Å². The normalized spacial score (nSPS) is 13.6. The minimum Gasteiger partial charge on any atom is -0.293 e. The molecule has 0 aromatic rings. The number of carbonyl (C=O) groups excluding carboxylic acids is 1. The fraction of sp³-hybridized carbons (Fsp3) is 0.667. The smallest absolute Gasteiger partial charge is 0.211 e. The third-order valence-corrected chi connectivity index (χ3v) is 1.07. The third kappa shape index (κ3) is 2.90. The van der Waals surface area contributed by atoms with Gasteiger partial charge < -0.3 is 0 Å². The monoisotopic (exact) mass is 220 g/mol. The molecule has 0 aliphatic carbocycles. The molecule has 0 amide bonds. The highest BCUT2D eigenvalue weighted by Crippen LogP contribution is 2.01. The first-order valence-corrected chi connectivity index (χ1v) is 2.80. The molecule has 1 unspecified atom stereocenters. The Kier molecular flexibility index (Phi) is 3.41. The number of hydrogen-bond acceptors (Lipinski definition) is 1. The average molecular weight is 220 g/mol. The second kappa shape index (κ2) is 3.29. The van der Waals surface area contributed by atoms with Gasteiger partial charge >= 0.3 is 0 Å². The molecule has 0 radical (unpaired) electrons. The van der Waals surface area contributed by atoms with E-state index in [9.17, 15) is 13.6 Å². The van der Waals surface area contributed by atoms with E-state index in [0.29, 0.717) is 0 Å². The van der Waals surface area contributed by atoms with Crippen LogP contribution in [0.5, 0.6) is 0 Å². The molecule has 0 aromatic heterocycles. The summed E-state index contributed by atoms with van der Waals surface area (Å²) in [7, 11) is 0. The molecule has 0 fully saturated rings. The zero-order valence-corrected chi connectivity index (χ0v) is 5.48. The molecule has 7 heavy (non-hydrogen) atoms. The van der Waals surface area contributed by atoms with Crippen molar-refractivity contribution in [1.82, 2.24) is 0 Å². The molecule has 1 atom stereocenters. The lowest BCUT2D eigenvalue weighted by atomic mass is 10.5. The van der Waals surface area contributed by atoms with Gasteiger partial charge in [0.2, 0.25) is 9.96 Å². The van der Waals surface area contributed by atoms with E-state index >= 15 is 0 Å². The van der Waals surface area contributed by atoms with E-state index in [0.717, 1.165) is 0 Å². The Morgan fingerprint density at radius 2 is 2.29 bits per heavy atom. The van der Waals surface area contributed by atoms with Crippen LogP contribution in [0.4, 0.5) is 8.78 Å².